The van der Waals surface area contributed by atoms with E-state index in [1.54, 1.807) is 20.8 Å². The number of methoxy groups -OCH3 is 1. The van der Waals surface area contributed by atoms with Crippen molar-refractivity contribution in [3.8, 4) is 0 Å². The standard InChI is InChI=1S/C21H27FN2O6S/c1-5-30-21(26)20-14(2)19(15(3)23-20)18(25)13-24(11-6-12-29-4)31(27,28)17-9-7-16(22)8-10-17/h7-10,23H,5-6,11-13H2,1-4H3. The number of aryl methyl sites for hydroxylation is 1. The van der Waals surface area contributed by atoms with E-state index in [1.165, 1.54) is 7.11 Å². The summed E-state index contributed by atoms with van der Waals surface area (Å²) in [5, 5.41) is 0. The Bertz CT molecular complexity index is 1030. The van der Waals surface area contributed by atoms with Crippen LogP contribution < -0.4 is 0 Å². The summed E-state index contributed by atoms with van der Waals surface area (Å²) in [6.45, 7) is 4.99. The highest BCUT2D eigenvalue weighted by Gasteiger charge is 2.29. The van der Waals surface area contributed by atoms with Gasteiger partial charge in [-0.15, -0.1) is 0 Å². The molecule has 31 heavy (non-hydrogen) atoms. The van der Waals surface area contributed by atoms with Crippen molar-refractivity contribution in [3.05, 3.63) is 52.6 Å². The van der Waals surface area contributed by atoms with E-state index in [1.807, 2.05) is 0 Å². The molecular weight excluding hydrogens is 427 g/mol. The van der Waals surface area contributed by atoms with Gasteiger partial charge in [-0.3, -0.25) is 4.79 Å². The lowest BCUT2D eigenvalue weighted by Crippen LogP contribution is -2.37. The molecular formula is C21H27FN2O6S. The Balaban J connectivity index is 2.36. The van der Waals surface area contributed by atoms with Crippen LogP contribution >= 0.6 is 0 Å². The largest absolute Gasteiger partial charge is 0.461 e. The number of ether oxygens (including phenoxy) is 2. The van der Waals surface area contributed by atoms with Crippen LogP contribution in [0, 0.1) is 19.7 Å². The number of nitrogens with zero attached hydrogens (tertiary/aromatic N) is 1. The molecule has 0 spiro atoms. The van der Waals surface area contributed by atoms with E-state index >= 15 is 0 Å². The van der Waals surface area contributed by atoms with Gasteiger partial charge in [0.25, 0.3) is 0 Å². The van der Waals surface area contributed by atoms with Crippen molar-refractivity contribution in [1.82, 2.24) is 9.29 Å². The number of nitrogens with one attached hydrogen (secondary N) is 1. The zero-order valence-corrected chi connectivity index (χ0v) is 18.8. The Hall–Kier alpha value is -2.56. The number of halogens is 1. The summed E-state index contributed by atoms with van der Waals surface area (Å²) in [7, 11) is -2.56. The Morgan fingerprint density at radius 1 is 1.16 bits per heavy atom. The Labute approximate surface area is 181 Å². The number of hydrogen-bond acceptors (Lipinski definition) is 6. The number of esters is 1. The summed E-state index contributed by atoms with van der Waals surface area (Å²) < 4.78 is 50.5. The number of sulfonamides is 1. The summed E-state index contributed by atoms with van der Waals surface area (Å²) in [6, 6.07) is 4.41. The summed E-state index contributed by atoms with van der Waals surface area (Å²) in [5.41, 5.74) is 1.25. The molecule has 0 bridgehead atoms. The van der Waals surface area contributed by atoms with E-state index in [0.717, 1.165) is 28.6 Å². The molecule has 0 saturated carbocycles. The van der Waals surface area contributed by atoms with E-state index in [0.29, 0.717) is 24.3 Å². The molecule has 0 aliphatic carbocycles. The summed E-state index contributed by atoms with van der Waals surface area (Å²) in [6.07, 6.45) is 0.364. The van der Waals surface area contributed by atoms with Crippen LogP contribution in [0.4, 0.5) is 4.39 Å². The van der Waals surface area contributed by atoms with Gasteiger partial charge in [-0.1, -0.05) is 0 Å². The molecule has 0 radical (unpaired) electrons. The second kappa shape index (κ2) is 10.7. The van der Waals surface area contributed by atoms with Crippen LogP contribution in [0.1, 0.15) is 45.4 Å². The number of hydrogen-bond donors (Lipinski definition) is 1. The first-order chi connectivity index (χ1) is 14.6. The van der Waals surface area contributed by atoms with E-state index in [2.05, 4.69) is 4.98 Å². The fraction of sp³-hybridized carbons (Fsp3) is 0.429. The highest BCUT2D eigenvalue weighted by Crippen LogP contribution is 2.22. The smallest absolute Gasteiger partial charge is 0.355 e. The molecule has 0 aliphatic rings. The maximum Gasteiger partial charge on any atom is 0.355 e. The van der Waals surface area contributed by atoms with Crippen LogP contribution in [-0.2, 0) is 19.5 Å². The van der Waals surface area contributed by atoms with Gasteiger partial charge >= 0.3 is 5.97 Å². The Kier molecular flexibility index (Phi) is 8.49. The van der Waals surface area contributed by atoms with Crippen LogP contribution in [0.2, 0.25) is 0 Å². The predicted octanol–water partition coefficient (Wildman–Crippen LogP) is 2.86. The van der Waals surface area contributed by atoms with Gasteiger partial charge in [0.05, 0.1) is 18.0 Å². The topological polar surface area (TPSA) is 106 Å². The Morgan fingerprint density at radius 3 is 2.39 bits per heavy atom. The number of H-pyrrole nitrogens is 1. The van der Waals surface area contributed by atoms with Gasteiger partial charge in [0.2, 0.25) is 10.0 Å². The molecule has 1 N–H and O–H groups in total. The van der Waals surface area contributed by atoms with Crippen LogP contribution in [0.5, 0.6) is 0 Å². The van der Waals surface area contributed by atoms with Crippen molar-refractivity contribution in [2.75, 3.05) is 33.4 Å². The normalized spacial score (nSPS) is 11.7. The van der Waals surface area contributed by atoms with Crippen LogP contribution in [0.25, 0.3) is 0 Å². The molecule has 2 rings (SSSR count). The van der Waals surface area contributed by atoms with Gasteiger partial charge in [-0.2, -0.15) is 4.31 Å². The van der Waals surface area contributed by atoms with Crippen LogP contribution in [0.15, 0.2) is 29.2 Å². The van der Waals surface area contributed by atoms with Crippen molar-refractivity contribution < 1.29 is 31.9 Å². The van der Waals surface area contributed by atoms with E-state index < -0.39 is 34.1 Å². The zero-order chi connectivity index (χ0) is 23.2. The summed E-state index contributed by atoms with van der Waals surface area (Å²) >= 11 is 0. The predicted molar refractivity (Wildman–Crippen MR) is 112 cm³/mol. The molecule has 0 atom stereocenters. The lowest BCUT2D eigenvalue weighted by molar-refractivity contribution is 0.0519. The molecule has 170 valence electrons. The zero-order valence-electron chi connectivity index (χ0n) is 18.0. The van der Waals surface area contributed by atoms with Gasteiger partial charge in [-0.25, -0.2) is 17.6 Å². The van der Waals surface area contributed by atoms with Crippen molar-refractivity contribution in [1.29, 1.82) is 0 Å². The summed E-state index contributed by atoms with van der Waals surface area (Å²) in [4.78, 5) is 27.9. The maximum atomic E-state index is 13.2. The van der Waals surface area contributed by atoms with Gasteiger partial charge in [-0.05, 0) is 57.0 Å². The number of benzene rings is 1. The maximum absolute atomic E-state index is 13.2. The quantitative estimate of drug-likeness (QED) is 0.318. The van der Waals surface area contributed by atoms with Gasteiger partial charge in [0.15, 0.2) is 5.78 Å². The van der Waals surface area contributed by atoms with Gasteiger partial charge < -0.3 is 14.5 Å². The number of rotatable bonds is 11. The van der Waals surface area contributed by atoms with Crippen LogP contribution in [0.3, 0.4) is 0 Å². The van der Waals surface area contributed by atoms with Crippen molar-refractivity contribution in [2.24, 2.45) is 0 Å². The number of ketones is 1. The third-order valence-corrected chi connectivity index (χ3v) is 6.58. The molecule has 0 aliphatic heterocycles. The van der Waals surface area contributed by atoms with E-state index in [4.69, 9.17) is 9.47 Å². The minimum absolute atomic E-state index is 0.0343. The van der Waals surface area contributed by atoms with E-state index in [9.17, 15) is 22.4 Å². The van der Waals surface area contributed by atoms with Gasteiger partial charge in [0.1, 0.15) is 11.5 Å². The highest BCUT2D eigenvalue weighted by atomic mass is 32.2. The van der Waals surface area contributed by atoms with Crippen LogP contribution in [-0.4, -0.2) is 62.9 Å². The average molecular weight is 455 g/mol. The number of carbonyl (C=O) groups excluding carboxylic acids is 2. The third kappa shape index (κ3) is 5.78. The first-order valence-electron chi connectivity index (χ1n) is 9.77. The number of aromatic nitrogens is 1. The second-order valence-electron chi connectivity index (χ2n) is 6.91. The number of carbonyl (C=O) groups is 2. The molecule has 1 aromatic heterocycles. The first-order valence-corrected chi connectivity index (χ1v) is 11.2. The molecule has 1 aromatic carbocycles. The fourth-order valence-corrected chi connectivity index (χ4v) is 4.67. The molecule has 2 aromatic rings. The molecule has 0 amide bonds. The SMILES string of the molecule is CCOC(=O)c1[nH]c(C)c(C(=O)CN(CCCOC)S(=O)(=O)c2ccc(F)cc2)c1C. The fourth-order valence-electron chi connectivity index (χ4n) is 3.24. The third-order valence-electron chi connectivity index (χ3n) is 4.72. The Morgan fingerprint density at radius 2 is 1.81 bits per heavy atom. The average Bonchev–Trinajstić information content (AvgIpc) is 3.02. The highest BCUT2D eigenvalue weighted by molar-refractivity contribution is 7.89. The van der Waals surface area contributed by atoms with Crippen molar-refractivity contribution >= 4 is 21.8 Å². The van der Waals surface area contributed by atoms with Crippen molar-refractivity contribution in [3.63, 3.8) is 0 Å². The molecule has 0 unspecified atom stereocenters. The minimum atomic E-state index is -4.06. The number of Topliss-reactive ketones (excluding diaryl/α,β-unsaturated/α-hetero) is 1. The van der Waals surface area contributed by atoms with Gasteiger partial charge in [0, 0.05) is 31.5 Å². The monoisotopic (exact) mass is 454 g/mol. The molecule has 0 saturated heterocycles. The molecule has 1 heterocycles. The molecule has 10 heteroatoms. The number of aromatic amines is 1. The first kappa shape index (κ1) is 24.7. The van der Waals surface area contributed by atoms with Crippen molar-refractivity contribution in [2.45, 2.75) is 32.1 Å². The molecule has 0 fully saturated rings. The lowest BCUT2D eigenvalue weighted by Gasteiger charge is -2.22. The van der Waals surface area contributed by atoms with E-state index in [-0.39, 0.29) is 29.3 Å². The minimum Gasteiger partial charge on any atom is -0.461 e. The molecule has 8 nitrogen and oxygen atoms in total. The summed E-state index contributed by atoms with van der Waals surface area (Å²) in [5.74, 6) is -1.62. The second-order valence-corrected chi connectivity index (χ2v) is 8.85. The lowest BCUT2D eigenvalue weighted by atomic mass is 10.1.